The van der Waals surface area contributed by atoms with Crippen LogP contribution in [0.1, 0.15) is 44.2 Å². The Morgan fingerprint density at radius 2 is 2.28 bits per heavy atom. The van der Waals surface area contributed by atoms with Crippen LogP contribution in [0.3, 0.4) is 0 Å². The average molecular weight is 312 g/mol. The molecule has 1 unspecified atom stereocenters. The summed E-state index contributed by atoms with van der Waals surface area (Å²) in [6, 6.07) is 4.97. The van der Waals surface area contributed by atoms with Crippen molar-refractivity contribution < 1.29 is 4.39 Å². The maximum Gasteiger partial charge on any atom is 0.123 e. The molecule has 98 valence electrons. The number of terminal acetylenes is 1. The van der Waals surface area contributed by atoms with Gasteiger partial charge in [0.05, 0.1) is 0 Å². The topological polar surface area (TPSA) is 12.0 Å². The van der Waals surface area contributed by atoms with E-state index in [0.29, 0.717) is 0 Å². The van der Waals surface area contributed by atoms with Gasteiger partial charge >= 0.3 is 0 Å². The predicted molar refractivity (Wildman–Crippen MR) is 77.8 cm³/mol. The SMILES string of the molecule is C#CCCCC(NCCC)c1cc(F)ccc1Br. The van der Waals surface area contributed by atoms with Gasteiger partial charge in [-0.2, -0.15) is 0 Å². The number of rotatable bonds is 7. The largest absolute Gasteiger partial charge is 0.310 e. The molecular weight excluding hydrogens is 293 g/mol. The van der Waals surface area contributed by atoms with E-state index >= 15 is 0 Å². The van der Waals surface area contributed by atoms with E-state index in [2.05, 4.69) is 34.1 Å². The first kappa shape index (κ1) is 15.2. The highest BCUT2D eigenvalue weighted by molar-refractivity contribution is 9.10. The third-order valence-corrected chi connectivity index (χ3v) is 3.51. The molecule has 1 atom stereocenters. The summed E-state index contributed by atoms with van der Waals surface area (Å²) in [6.07, 6.45) is 8.95. The molecule has 0 spiro atoms. The Labute approximate surface area is 117 Å². The molecule has 0 saturated carbocycles. The molecule has 0 saturated heterocycles. The van der Waals surface area contributed by atoms with Crippen LogP contribution in [-0.2, 0) is 0 Å². The number of hydrogen-bond donors (Lipinski definition) is 1. The smallest absolute Gasteiger partial charge is 0.123 e. The standard InChI is InChI=1S/C15H19BrFN/c1-3-5-6-7-15(18-10-4-2)13-11-12(17)8-9-14(13)16/h1,8-9,11,15,18H,4-7,10H2,2H3. The highest BCUT2D eigenvalue weighted by Crippen LogP contribution is 2.27. The number of unbranched alkanes of at least 4 members (excludes halogenated alkanes) is 1. The molecular formula is C15H19BrFN. The van der Waals surface area contributed by atoms with Crippen molar-refractivity contribution in [2.45, 2.75) is 38.6 Å². The van der Waals surface area contributed by atoms with Crippen LogP contribution >= 0.6 is 15.9 Å². The molecule has 0 aliphatic carbocycles. The molecule has 0 aliphatic rings. The molecule has 1 N–H and O–H groups in total. The zero-order chi connectivity index (χ0) is 13.4. The van der Waals surface area contributed by atoms with Gasteiger partial charge in [0.15, 0.2) is 0 Å². The van der Waals surface area contributed by atoms with Crippen molar-refractivity contribution in [2.24, 2.45) is 0 Å². The summed E-state index contributed by atoms with van der Waals surface area (Å²) in [6.45, 7) is 3.04. The lowest BCUT2D eigenvalue weighted by Crippen LogP contribution is -2.22. The molecule has 1 nitrogen and oxygen atoms in total. The lowest BCUT2D eigenvalue weighted by atomic mass is 10.0. The summed E-state index contributed by atoms with van der Waals surface area (Å²) >= 11 is 3.48. The first-order valence-corrected chi connectivity index (χ1v) is 7.10. The number of hydrogen-bond acceptors (Lipinski definition) is 1. The van der Waals surface area contributed by atoms with Gasteiger partial charge in [0, 0.05) is 16.9 Å². The molecule has 0 heterocycles. The van der Waals surface area contributed by atoms with Crippen molar-refractivity contribution in [3.05, 3.63) is 34.1 Å². The van der Waals surface area contributed by atoms with Crippen LogP contribution in [0.15, 0.2) is 22.7 Å². The maximum atomic E-state index is 13.3. The molecule has 0 bridgehead atoms. The summed E-state index contributed by atoms with van der Waals surface area (Å²) < 4.78 is 14.3. The van der Waals surface area contributed by atoms with Crippen LogP contribution in [-0.4, -0.2) is 6.54 Å². The summed E-state index contributed by atoms with van der Waals surface area (Å²) in [5.41, 5.74) is 0.973. The minimum absolute atomic E-state index is 0.156. The van der Waals surface area contributed by atoms with Gasteiger partial charge in [-0.25, -0.2) is 4.39 Å². The minimum Gasteiger partial charge on any atom is -0.310 e. The molecule has 1 aromatic rings. The van der Waals surface area contributed by atoms with Gasteiger partial charge in [-0.3, -0.25) is 0 Å². The third kappa shape index (κ3) is 4.80. The molecule has 0 fully saturated rings. The van der Waals surface area contributed by atoms with Gasteiger partial charge in [0.25, 0.3) is 0 Å². The second kappa shape index (κ2) is 8.29. The van der Waals surface area contributed by atoms with Crippen LogP contribution in [0.25, 0.3) is 0 Å². The van der Waals surface area contributed by atoms with Gasteiger partial charge in [-0.15, -0.1) is 12.3 Å². The fourth-order valence-corrected chi connectivity index (χ4v) is 2.40. The lowest BCUT2D eigenvalue weighted by molar-refractivity contribution is 0.483. The third-order valence-electron chi connectivity index (χ3n) is 2.79. The van der Waals surface area contributed by atoms with Crippen LogP contribution in [0, 0.1) is 18.2 Å². The van der Waals surface area contributed by atoms with E-state index in [0.717, 1.165) is 42.3 Å². The normalized spacial score (nSPS) is 12.1. The Balaban J connectivity index is 2.79. The van der Waals surface area contributed by atoms with Crippen LogP contribution in [0.2, 0.25) is 0 Å². The lowest BCUT2D eigenvalue weighted by Gasteiger charge is -2.20. The Morgan fingerprint density at radius 1 is 1.50 bits per heavy atom. The van der Waals surface area contributed by atoms with E-state index in [1.807, 2.05) is 0 Å². The van der Waals surface area contributed by atoms with E-state index in [9.17, 15) is 4.39 Å². The molecule has 0 aromatic heterocycles. The van der Waals surface area contributed by atoms with E-state index < -0.39 is 0 Å². The van der Waals surface area contributed by atoms with E-state index in [4.69, 9.17) is 6.42 Å². The number of benzene rings is 1. The molecule has 1 rings (SSSR count). The molecule has 0 radical (unpaired) electrons. The summed E-state index contributed by atoms with van der Waals surface area (Å²) in [4.78, 5) is 0. The highest BCUT2D eigenvalue weighted by Gasteiger charge is 2.14. The van der Waals surface area contributed by atoms with Crippen LogP contribution in [0.5, 0.6) is 0 Å². The quantitative estimate of drug-likeness (QED) is 0.580. The van der Waals surface area contributed by atoms with Crippen molar-refractivity contribution >= 4 is 15.9 Å². The van der Waals surface area contributed by atoms with Gasteiger partial charge < -0.3 is 5.32 Å². The first-order chi connectivity index (χ1) is 8.69. The molecule has 0 amide bonds. The maximum absolute atomic E-state index is 13.3. The zero-order valence-electron chi connectivity index (χ0n) is 10.7. The van der Waals surface area contributed by atoms with Crippen LogP contribution in [0.4, 0.5) is 4.39 Å². The molecule has 18 heavy (non-hydrogen) atoms. The monoisotopic (exact) mass is 311 g/mol. The molecule has 0 aliphatic heterocycles. The van der Waals surface area contributed by atoms with Crippen molar-refractivity contribution in [1.29, 1.82) is 0 Å². The second-order valence-corrected chi connectivity index (χ2v) is 5.12. The highest BCUT2D eigenvalue weighted by atomic mass is 79.9. The van der Waals surface area contributed by atoms with Crippen LogP contribution < -0.4 is 5.32 Å². The Morgan fingerprint density at radius 3 is 2.94 bits per heavy atom. The Kier molecular flexibility index (Phi) is 7.00. The first-order valence-electron chi connectivity index (χ1n) is 6.30. The Bertz CT molecular complexity index is 411. The summed E-state index contributed by atoms with van der Waals surface area (Å²) in [7, 11) is 0. The summed E-state index contributed by atoms with van der Waals surface area (Å²) in [5.74, 6) is 2.44. The Hall–Kier alpha value is -0.850. The number of nitrogens with one attached hydrogen (secondary N) is 1. The van der Waals surface area contributed by atoms with Gasteiger partial charge in [0.2, 0.25) is 0 Å². The average Bonchev–Trinajstić information content (AvgIpc) is 2.37. The van der Waals surface area contributed by atoms with Crippen molar-refractivity contribution in [2.75, 3.05) is 6.54 Å². The molecule has 3 heteroatoms. The molecule has 1 aromatic carbocycles. The van der Waals surface area contributed by atoms with Gasteiger partial charge in [-0.05, 0) is 49.6 Å². The predicted octanol–water partition coefficient (Wildman–Crippen LogP) is 4.43. The number of halogens is 2. The fourth-order valence-electron chi connectivity index (χ4n) is 1.88. The van der Waals surface area contributed by atoms with E-state index in [-0.39, 0.29) is 11.9 Å². The minimum atomic E-state index is -0.201. The van der Waals surface area contributed by atoms with Crippen molar-refractivity contribution in [3.8, 4) is 12.3 Å². The van der Waals surface area contributed by atoms with Crippen molar-refractivity contribution in [3.63, 3.8) is 0 Å². The van der Waals surface area contributed by atoms with E-state index in [1.165, 1.54) is 6.07 Å². The van der Waals surface area contributed by atoms with Gasteiger partial charge in [0.1, 0.15) is 5.82 Å². The van der Waals surface area contributed by atoms with Crippen molar-refractivity contribution in [1.82, 2.24) is 5.32 Å². The van der Waals surface area contributed by atoms with Gasteiger partial charge in [-0.1, -0.05) is 22.9 Å². The summed E-state index contributed by atoms with van der Waals surface area (Å²) in [5, 5.41) is 3.45. The zero-order valence-corrected chi connectivity index (χ0v) is 12.3. The second-order valence-electron chi connectivity index (χ2n) is 4.27. The fraction of sp³-hybridized carbons (Fsp3) is 0.467. The van der Waals surface area contributed by atoms with E-state index in [1.54, 1.807) is 12.1 Å².